The lowest BCUT2D eigenvalue weighted by molar-refractivity contribution is -0.127. The van der Waals surface area contributed by atoms with E-state index in [1.54, 1.807) is 6.08 Å². The van der Waals surface area contributed by atoms with Crippen LogP contribution in [0.1, 0.15) is 28.8 Å². The van der Waals surface area contributed by atoms with Crippen molar-refractivity contribution in [1.82, 2.24) is 9.80 Å². The van der Waals surface area contributed by atoms with E-state index >= 15 is 0 Å². The van der Waals surface area contributed by atoms with Crippen LogP contribution in [0.15, 0.2) is 65.1 Å². The van der Waals surface area contributed by atoms with Gasteiger partial charge in [0.15, 0.2) is 0 Å². The lowest BCUT2D eigenvalue weighted by atomic mass is 10.0. The molecule has 1 spiro atoms. The van der Waals surface area contributed by atoms with Crippen LogP contribution in [-0.4, -0.2) is 51.9 Å². The average molecular weight is 471 g/mol. The Labute approximate surface area is 184 Å². The van der Waals surface area contributed by atoms with E-state index in [0.717, 1.165) is 40.7 Å². The van der Waals surface area contributed by atoms with Crippen LogP contribution in [0.4, 0.5) is 0 Å². The fourth-order valence-corrected chi connectivity index (χ4v) is 5.69. The molecule has 29 heavy (non-hydrogen) atoms. The molecule has 2 aliphatic rings. The number of rotatable bonds is 3. The molecule has 2 fully saturated rings. The first-order chi connectivity index (χ1) is 14.1. The number of thioether (sulfide) groups is 1. The van der Waals surface area contributed by atoms with Crippen molar-refractivity contribution in [3.8, 4) is 0 Å². The highest BCUT2D eigenvalue weighted by Gasteiger charge is 2.46. The van der Waals surface area contributed by atoms with Crippen molar-refractivity contribution in [2.24, 2.45) is 0 Å². The predicted octanol–water partition coefficient (Wildman–Crippen LogP) is 4.67. The quantitative estimate of drug-likeness (QED) is 0.611. The van der Waals surface area contributed by atoms with E-state index in [-0.39, 0.29) is 16.7 Å². The zero-order chi connectivity index (χ0) is 20.3. The molecular formula is C23H23BrN2O2S. The number of hydrogen-bond acceptors (Lipinski definition) is 3. The fourth-order valence-electron chi connectivity index (χ4n) is 3.97. The van der Waals surface area contributed by atoms with E-state index in [2.05, 4.69) is 15.9 Å². The zero-order valence-electron chi connectivity index (χ0n) is 16.1. The second-order valence-electron chi connectivity index (χ2n) is 7.33. The van der Waals surface area contributed by atoms with Gasteiger partial charge in [-0.2, -0.15) is 0 Å². The molecule has 150 valence electrons. The topological polar surface area (TPSA) is 40.6 Å². The zero-order valence-corrected chi connectivity index (χ0v) is 18.5. The molecule has 0 bridgehead atoms. The van der Waals surface area contributed by atoms with Crippen molar-refractivity contribution < 1.29 is 9.59 Å². The Hall–Kier alpha value is -2.05. The number of halogens is 1. The monoisotopic (exact) mass is 470 g/mol. The van der Waals surface area contributed by atoms with Gasteiger partial charge in [-0.05, 0) is 48.7 Å². The molecule has 0 saturated carbocycles. The third-order valence-corrected chi connectivity index (χ3v) is 7.67. The number of amides is 2. The fraction of sp³-hybridized carbons (Fsp3) is 0.304. The van der Waals surface area contributed by atoms with Crippen LogP contribution in [0.5, 0.6) is 0 Å². The number of likely N-dealkylation sites (tertiary alicyclic amines) is 1. The molecule has 2 amide bonds. The van der Waals surface area contributed by atoms with Crippen LogP contribution in [0.3, 0.4) is 0 Å². The third kappa shape index (κ3) is 4.43. The van der Waals surface area contributed by atoms with E-state index in [4.69, 9.17) is 0 Å². The van der Waals surface area contributed by atoms with Crippen LogP contribution in [0.25, 0.3) is 6.08 Å². The van der Waals surface area contributed by atoms with Crippen LogP contribution in [0, 0.1) is 0 Å². The van der Waals surface area contributed by atoms with Crippen molar-refractivity contribution in [3.63, 3.8) is 0 Å². The van der Waals surface area contributed by atoms with Crippen molar-refractivity contribution in [2.75, 3.05) is 25.4 Å². The Balaban J connectivity index is 1.40. The summed E-state index contributed by atoms with van der Waals surface area (Å²) in [4.78, 5) is 29.4. The van der Waals surface area contributed by atoms with Crippen molar-refractivity contribution >= 4 is 45.6 Å². The number of piperidine rings is 1. The third-order valence-electron chi connectivity index (χ3n) is 5.59. The molecule has 2 aromatic carbocycles. The highest BCUT2D eigenvalue weighted by molar-refractivity contribution is 9.10. The number of benzene rings is 2. The van der Waals surface area contributed by atoms with Gasteiger partial charge < -0.3 is 9.80 Å². The number of nitrogens with zero attached hydrogens (tertiary/aromatic N) is 2. The Morgan fingerprint density at radius 2 is 1.66 bits per heavy atom. The van der Waals surface area contributed by atoms with Gasteiger partial charge in [0.2, 0.25) is 5.91 Å². The molecule has 0 radical (unpaired) electrons. The van der Waals surface area contributed by atoms with Crippen LogP contribution in [-0.2, 0) is 4.79 Å². The molecule has 2 aromatic rings. The molecular weight excluding hydrogens is 448 g/mol. The van der Waals surface area contributed by atoms with Gasteiger partial charge in [-0.15, -0.1) is 11.8 Å². The van der Waals surface area contributed by atoms with Gasteiger partial charge in [-0.25, -0.2) is 0 Å². The van der Waals surface area contributed by atoms with Gasteiger partial charge >= 0.3 is 0 Å². The van der Waals surface area contributed by atoms with Crippen LogP contribution in [0.2, 0.25) is 0 Å². The highest BCUT2D eigenvalue weighted by Crippen LogP contribution is 2.44. The summed E-state index contributed by atoms with van der Waals surface area (Å²) >= 11 is 5.29. The Morgan fingerprint density at radius 3 is 2.34 bits per heavy atom. The standard InChI is InChI=1S/C23H23BrN2O2S/c24-20-9-7-19(8-10-20)22(28)26-16-17-29-23(26)12-14-25(15-13-23)21(27)11-6-18-4-2-1-3-5-18/h1-11H,12-17H2/b11-6+. The summed E-state index contributed by atoms with van der Waals surface area (Å²) in [5.74, 6) is 1.08. The molecule has 0 unspecified atom stereocenters. The summed E-state index contributed by atoms with van der Waals surface area (Å²) in [5, 5.41) is 0. The molecule has 6 heteroatoms. The molecule has 0 aromatic heterocycles. The molecule has 2 saturated heterocycles. The highest BCUT2D eigenvalue weighted by atomic mass is 79.9. The molecule has 0 N–H and O–H groups in total. The first-order valence-corrected chi connectivity index (χ1v) is 11.6. The first-order valence-electron chi connectivity index (χ1n) is 9.81. The van der Waals surface area contributed by atoms with E-state index in [9.17, 15) is 9.59 Å². The van der Waals surface area contributed by atoms with E-state index in [1.165, 1.54) is 0 Å². The van der Waals surface area contributed by atoms with E-state index < -0.39 is 0 Å². The van der Waals surface area contributed by atoms with Gasteiger partial charge in [0.05, 0.1) is 4.87 Å². The average Bonchev–Trinajstić information content (AvgIpc) is 3.16. The summed E-state index contributed by atoms with van der Waals surface area (Å²) in [5.41, 5.74) is 1.74. The normalized spacial score (nSPS) is 18.5. The van der Waals surface area contributed by atoms with Crippen molar-refractivity contribution in [1.29, 1.82) is 0 Å². The minimum atomic E-state index is -0.190. The van der Waals surface area contributed by atoms with Crippen LogP contribution >= 0.6 is 27.7 Å². The Morgan fingerprint density at radius 1 is 0.966 bits per heavy atom. The summed E-state index contributed by atoms with van der Waals surface area (Å²) in [6.45, 7) is 2.12. The molecule has 4 rings (SSSR count). The number of carbonyl (C=O) groups is 2. The maximum Gasteiger partial charge on any atom is 0.254 e. The summed E-state index contributed by atoms with van der Waals surface area (Å²) < 4.78 is 0.968. The largest absolute Gasteiger partial charge is 0.339 e. The maximum absolute atomic E-state index is 13.1. The lowest BCUT2D eigenvalue weighted by Crippen LogP contribution is -2.53. The second-order valence-corrected chi connectivity index (χ2v) is 9.70. The smallest absolute Gasteiger partial charge is 0.254 e. The predicted molar refractivity (Wildman–Crippen MR) is 122 cm³/mol. The van der Waals surface area contributed by atoms with Gasteiger partial charge in [0.1, 0.15) is 0 Å². The summed E-state index contributed by atoms with van der Waals surface area (Å²) in [7, 11) is 0. The minimum Gasteiger partial charge on any atom is -0.339 e. The molecule has 2 aliphatic heterocycles. The van der Waals surface area contributed by atoms with Gasteiger partial charge in [-0.1, -0.05) is 46.3 Å². The number of carbonyl (C=O) groups excluding carboxylic acids is 2. The van der Waals surface area contributed by atoms with Gasteiger partial charge in [-0.3, -0.25) is 9.59 Å². The van der Waals surface area contributed by atoms with Gasteiger partial charge in [0.25, 0.3) is 5.91 Å². The Bertz CT molecular complexity index is 906. The van der Waals surface area contributed by atoms with Gasteiger partial charge in [0, 0.05) is 41.5 Å². The summed E-state index contributed by atoms with van der Waals surface area (Å²) in [6.07, 6.45) is 5.13. The first kappa shape index (κ1) is 20.2. The van der Waals surface area contributed by atoms with Crippen molar-refractivity contribution in [3.05, 3.63) is 76.3 Å². The van der Waals surface area contributed by atoms with E-state index in [1.807, 2.05) is 82.2 Å². The van der Waals surface area contributed by atoms with Crippen LogP contribution < -0.4 is 0 Å². The Kier molecular flexibility index (Phi) is 6.11. The summed E-state index contributed by atoms with van der Waals surface area (Å²) in [6, 6.07) is 17.4. The SMILES string of the molecule is O=C(/C=C/c1ccccc1)N1CCC2(CC1)SCCN2C(=O)c1ccc(Br)cc1. The van der Waals surface area contributed by atoms with E-state index in [0.29, 0.717) is 13.1 Å². The maximum atomic E-state index is 13.1. The number of hydrogen-bond donors (Lipinski definition) is 0. The molecule has 4 nitrogen and oxygen atoms in total. The molecule has 0 aliphatic carbocycles. The second kappa shape index (κ2) is 8.76. The lowest BCUT2D eigenvalue weighted by Gasteiger charge is -2.44. The molecule has 0 atom stereocenters. The minimum absolute atomic E-state index is 0.0393. The van der Waals surface area contributed by atoms with Crippen molar-refractivity contribution in [2.45, 2.75) is 17.7 Å². The molecule has 2 heterocycles.